The number of nitrogen functional groups attached to an aromatic ring is 1. The Morgan fingerprint density at radius 2 is 1.93 bits per heavy atom. The largest absolute Gasteiger partial charge is 0.461 e. The maximum Gasteiger partial charge on any atom is 0.306 e. The fourth-order valence-electron chi connectivity index (χ4n) is 3.78. The van der Waals surface area contributed by atoms with E-state index in [1.165, 1.54) is 29.1 Å². The Balaban J connectivity index is 1.35. The number of esters is 1. The van der Waals surface area contributed by atoms with Crippen LogP contribution in [0.5, 0.6) is 0 Å². The number of thiophene rings is 1. The minimum Gasteiger partial charge on any atom is -0.461 e. The Morgan fingerprint density at radius 1 is 1.14 bits per heavy atom. The van der Waals surface area contributed by atoms with Gasteiger partial charge >= 0.3 is 5.97 Å². The van der Waals surface area contributed by atoms with Gasteiger partial charge in [0.2, 0.25) is 0 Å². The fraction of sp³-hybridized carbons (Fsp3) is 0.455. The van der Waals surface area contributed by atoms with Gasteiger partial charge in [-0.15, -0.1) is 11.3 Å². The standard InChI is InChI=1S/C22H26N2O3S/c23-21-20(22(26)24-12-14-6-7-14)17-10-16(8-9-18(17)28-21)11-19(25)27-13-15-4-2-1-3-5-15/h1-5,14,16H,6-13,23H2,(H,24,26)/t16-/m0/s1. The third-order valence-corrected chi connectivity index (χ3v) is 6.68. The van der Waals surface area contributed by atoms with Crippen molar-refractivity contribution in [3.8, 4) is 0 Å². The fourth-order valence-corrected chi connectivity index (χ4v) is 4.89. The zero-order valence-corrected chi connectivity index (χ0v) is 16.7. The van der Waals surface area contributed by atoms with Crippen LogP contribution in [0.25, 0.3) is 0 Å². The van der Waals surface area contributed by atoms with E-state index in [4.69, 9.17) is 10.5 Å². The monoisotopic (exact) mass is 398 g/mol. The van der Waals surface area contributed by atoms with Gasteiger partial charge in [0.1, 0.15) is 6.61 Å². The molecular weight excluding hydrogens is 372 g/mol. The molecule has 2 aromatic rings. The predicted molar refractivity (Wildman–Crippen MR) is 110 cm³/mol. The van der Waals surface area contributed by atoms with E-state index in [1.807, 2.05) is 30.3 Å². The summed E-state index contributed by atoms with van der Waals surface area (Å²) < 4.78 is 5.43. The number of carbonyl (C=O) groups is 2. The van der Waals surface area contributed by atoms with E-state index >= 15 is 0 Å². The van der Waals surface area contributed by atoms with E-state index in [1.54, 1.807) is 0 Å². The molecule has 2 aliphatic carbocycles. The molecule has 2 aliphatic rings. The third kappa shape index (κ3) is 4.55. The lowest BCUT2D eigenvalue weighted by Gasteiger charge is -2.22. The van der Waals surface area contributed by atoms with Crippen LogP contribution in [0.4, 0.5) is 5.00 Å². The Kier molecular flexibility index (Phi) is 5.67. The highest BCUT2D eigenvalue weighted by atomic mass is 32.1. The molecular formula is C22H26N2O3S. The molecule has 0 spiro atoms. The molecule has 3 N–H and O–H groups in total. The highest BCUT2D eigenvalue weighted by Crippen LogP contribution is 2.39. The van der Waals surface area contributed by atoms with Gasteiger partial charge in [-0.05, 0) is 55.1 Å². The van der Waals surface area contributed by atoms with Crippen LogP contribution in [0.3, 0.4) is 0 Å². The summed E-state index contributed by atoms with van der Waals surface area (Å²) in [4.78, 5) is 26.1. The molecule has 0 aliphatic heterocycles. The Hall–Kier alpha value is -2.34. The molecule has 1 atom stereocenters. The molecule has 6 heteroatoms. The molecule has 0 radical (unpaired) electrons. The Labute approximate surface area is 169 Å². The summed E-state index contributed by atoms with van der Waals surface area (Å²) in [5.74, 6) is 0.584. The van der Waals surface area contributed by atoms with Crippen LogP contribution in [0, 0.1) is 11.8 Å². The molecule has 0 bridgehead atoms. The number of anilines is 1. The van der Waals surface area contributed by atoms with Gasteiger partial charge < -0.3 is 15.8 Å². The SMILES string of the molecule is Nc1sc2c(c1C(=O)NCC1CC1)C[C@@H](CC(=O)OCc1ccccc1)CC2. The number of aryl methyl sites for hydroxylation is 1. The number of carbonyl (C=O) groups excluding carboxylic acids is 2. The van der Waals surface area contributed by atoms with Crippen LogP contribution >= 0.6 is 11.3 Å². The number of rotatable bonds is 7. The lowest BCUT2D eigenvalue weighted by Crippen LogP contribution is -2.28. The Bertz CT molecular complexity index is 858. The summed E-state index contributed by atoms with van der Waals surface area (Å²) in [6.07, 6.45) is 5.30. The van der Waals surface area contributed by atoms with E-state index in [-0.39, 0.29) is 17.8 Å². The lowest BCUT2D eigenvalue weighted by molar-refractivity contribution is -0.146. The van der Waals surface area contributed by atoms with Crippen molar-refractivity contribution in [2.45, 2.75) is 45.1 Å². The molecule has 4 rings (SSSR count). The highest BCUT2D eigenvalue weighted by Gasteiger charge is 2.30. The molecule has 1 saturated carbocycles. The molecule has 1 amide bonds. The van der Waals surface area contributed by atoms with Gasteiger partial charge in [-0.3, -0.25) is 9.59 Å². The number of hydrogen-bond donors (Lipinski definition) is 2. The van der Waals surface area contributed by atoms with Crippen LogP contribution in [-0.2, 0) is 29.0 Å². The molecule has 1 fully saturated rings. The molecule has 5 nitrogen and oxygen atoms in total. The smallest absolute Gasteiger partial charge is 0.306 e. The van der Waals surface area contributed by atoms with E-state index in [2.05, 4.69) is 5.32 Å². The second-order valence-electron chi connectivity index (χ2n) is 7.86. The van der Waals surface area contributed by atoms with Crippen LogP contribution in [0.1, 0.15) is 52.0 Å². The molecule has 0 saturated heterocycles. The summed E-state index contributed by atoms with van der Waals surface area (Å²) in [5, 5.41) is 3.63. The van der Waals surface area contributed by atoms with E-state index in [0.29, 0.717) is 29.5 Å². The first-order valence-corrected chi connectivity index (χ1v) is 10.8. The third-order valence-electron chi connectivity index (χ3n) is 5.56. The topological polar surface area (TPSA) is 81.4 Å². The maximum absolute atomic E-state index is 12.6. The van der Waals surface area contributed by atoms with Gasteiger partial charge in [-0.2, -0.15) is 0 Å². The summed E-state index contributed by atoms with van der Waals surface area (Å²) in [5.41, 5.74) is 8.84. The number of fused-ring (bicyclic) bond motifs is 1. The summed E-state index contributed by atoms with van der Waals surface area (Å²) in [6.45, 7) is 1.04. The van der Waals surface area contributed by atoms with E-state index < -0.39 is 0 Å². The van der Waals surface area contributed by atoms with E-state index in [9.17, 15) is 9.59 Å². The van der Waals surface area contributed by atoms with Crippen molar-refractivity contribution >= 4 is 28.2 Å². The zero-order valence-electron chi connectivity index (χ0n) is 15.9. The highest BCUT2D eigenvalue weighted by molar-refractivity contribution is 7.16. The maximum atomic E-state index is 12.6. The van der Waals surface area contributed by atoms with Gasteiger partial charge in [0.05, 0.1) is 10.6 Å². The number of hydrogen-bond acceptors (Lipinski definition) is 5. The number of ether oxygens (including phenoxy) is 1. The van der Waals surface area contributed by atoms with Crippen molar-refractivity contribution < 1.29 is 14.3 Å². The van der Waals surface area contributed by atoms with Crippen molar-refractivity contribution in [1.29, 1.82) is 0 Å². The van der Waals surface area contributed by atoms with Gasteiger partial charge in [-0.25, -0.2) is 0 Å². The van der Waals surface area contributed by atoms with Crippen LogP contribution in [0.2, 0.25) is 0 Å². The van der Waals surface area contributed by atoms with Crippen LogP contribution in [-0.4, -0.2) is 18.4 Å². The van der Waals surface area contributed by atoms with Gasteiger partial charge in [0.25, 0.3) is 5.91 Å². The van der Waals surface area contributed by atoms with Crippen molar-refractivity contribution in [2.75, 3.05) is 12.3 Å². The van der Waals surface area contributed by atoms with Crippen LogP contribution < -0.4 is 11.1 Å². The summed E-state index contributed by atoms with van der Waals surface area (Å²) in [6, 6.07) is 9.70. The van der Waals surface area contributed by atoms with Crippen molar-refractivity contribution in [3.05, 3.63) is 51.9 Å². The number of nitrogens with two attached hydrogens (primary N) is 1. The quantitative estimate of drug-likeness (QED) is 0.697. The summed E-state index contributed by atoms with van der Waals surface area (Å²) >= 11 is 1.52. The normalized spacial score (nSPS) is 18.4. The minimum atomic E-state index is -0.180. The molecule has 1 heterocycles. The molecule has 1 aromatic carbocycles. The second kappa shape index (κ2) is 8.35. The summed E-state index contributed by atoms with van der Waals surface area (Å²) in [7, 11) is 0. The number of amides is 1. The van der Waals surface area contributed by atoms with Crippen molar-refractivity contribution in [3.63, 3.8) is 0 Å². The Morgan fingerprint density at radius 3 is 2.68 bits per heavy atom. The molecule has 0 unspecified atom stereocenters. The van der Waals surface area contributed by atoms with Gasteiger partial charge in [0.15, 0.2) is 0 Å². The first-order chi connectivity index (χ1) is 13.6. The minimum absolute atomic E-state index is 0.0609. The van der Waals surface area contributed by atoms with Crippen molar-refractivity contribution in [1.82, 2.24) is 5.32 Å². The molecule has 148 valence electrons. The van der Waals surface area contributed by atoms with Crippen molar-refractivity contribution in [2.24, 2.45) is 11.8 Å². The van der Waals surface area contributed by atoms with Gasteiger partial charge in [0, 0.05) is 17.8 Å². The molecule has 28 heavy (non-hydrogen) atoms. The number of benzene rings is 1. The zero-order chi connectivity index (χ0) is 19.5. The first kappa shape index (κ1) is 19.0. The van der Waals surface area contributed by atoms with Gasteiger partial charge in [-0.1, -0.05) is 30.3 Å². The van der Waals surface area contributed by atoms with E-state index in [0.717, 1.165) is 36.9 Å². The first-order valence-electron chi connectivity index (χ1n) is 9.98. The second-order valence-corrected chi connectivity index (χ2v) is 8.99. The lowest BCUT2D eigenvalue weighted by atomic mass is 9.84. The number of nitrogens with one attached hydrogen (secondary N) is 1. The average molecular weight is 399 g/mol. The average Bonchev–Trinajstić information content (AvgIpc) is 3.46. The van der Waals surface area contributed by atoms with Crippen LogP contribution in [0.15, 0.2) is 30.3 Å². The molecule has 1 aromatic heterocycles. The predicted octanol–water partition coefficient (Wildman–Crippen LogP) is 3.71.